The Morgan fingerprint density at radius 2 is 1.70 bits per heavy atom. The van der Waals surface area contributed by atoms with E-state index >= 15 is 0 Å². The Labute approximate surface area is 121 Å². The summed E-state index contributed by atoms with van der Waals surface area (Å²) < 4.78 is 0. The van der Waals surface area contributed by atoms with E-state index in [1.54, 1.807) is 11.8 Å². The number of carbonyl (C=O) groups is 2. The highest BCUT2D eigenvalue weighted by Crippen LogP contribution is 2.25. The Morgan fingerprint density at radius 3 is 2.10 bits per heavy atom. The van der Waals surface area contributed by atoms with E-state index in [1.807, 2.05) is 4.90 Å². The Morgan fingerprint density at radius 1 is 1.20 bits per heavy atom. The second-order valence-electron chi connectivity index (χ2n) is 5.77. The molecule has 2 amide bonds. The zero-order valence-electron chi connectivity index (χ0n) is 13.0. The number of aliphatic carboxylic acids is 1. The fourth-order valence-electron chi connectivity index (χ4n) is 2.39. The second-order valence-corrected chi connectivity index (χ2v) is 5.77. The zero-order valence-corrected chi connectivity index (χ0v) is 13.0. The zero-order chi connectivity index (χ0) is 15.1. The molecule has 0 aromatic carbocycles. The van der Waals surface area contributed by atoms with Crippen molar-refractivity contribution in [3.63, 3.8) is 0 Å². The van der Waals surface area contributed by atoms with Gasteiger partial charge in [-0.1, -0.05) is 33.6 Å². The molecule has 0 radical (unpaired) electrons. The number of unbranched alkanes of at least 4 members (excludes halogenated alkanes) is 2. The molecule has 0 aliphatic carbocycles. The van der Waals surface area contributed by atoms with E-state index < -0.39 is 5.97 Å². The molecule has 0 aromatic rings. The molecule has 5 nitrogen and oxygen atoms in total. The predicted molar refractivity (Wildman–Crippen MR) is 78.6 cm³/mol. The van der Waals surface area contributed by atoms with Gasteiger partial charge < -0.3 is 14.9 Å². The molecule has 1 rings (SSSR count). The first-order chi connectivity index (χ1) is 9.51. The van der Waals surface area contributed by atoms with E-state index in [1.165, 1.54) is 0 Å². The number of carboxylic acids is 1. The van der Waals surface area contributed by atoms with Crippen molar-refractivity contribution in [2.24, 2.45) is 11.8 Å². The van der Waals surface area contributed by atoms with E-state index in [2.05, 4.69) is 13.8 Å². The number of nitrogens with zero attached hydrogens (tertiary/aromatic N) is 2. The third kappa shape index (κ3) is 4.39. The molecule has 0 aromatic heterocycles. The van der Waals surface area contributed by atoms with Crippen molar-refractivity contribution >= 4 is 12.0 Å². The summed E-state index contributed by atoms with van der Waals surface area (Å²) in [5, 5.41) is 8.97. The summed E-state index contributed by atoms with van der Waals surface area (Å²) in [4.78, 5) is 27.0. The number of hydrogen-bond acceptors (Lipinski definition) is 2. The molecule has 0 saturated carbocycles. The van der Waals surface area contributed by atoms with Gasteiger partial charge in [-0.05, 0) is 12.8 Å². The van der Waals surface area contributed by atoms with Crippen molar-refractivity contribution in [1.82, 2.24) is 9.80 Å². The van der Waals surface area contributed by atoms with Gasteiger partial charge >= 0.3 is 12.0 Å². The lowest BCUT2D eigenvalue weighted by atomic mass is 9.87. The standard InChI is InChI=1S/C15H28N2O3/c1-4-6-8-16(9-7-5-2)15(20)17-10-13(11-17)12(3)14(18)19/h12-13H,4-11H2,1-3H3,(H,18,19). The number of carboxylic acid groups (broad SMARTS) is 1. The number of rotatable bonds is 8. The van der Waals surface area contributed by atoms with E-state index in [0.29, 0.717) is 13.1 Å². The van der Waals surface area contributed by atoms with Crippen LogP contribution in [-0.4, -0.2) is 53.1 Å². The topological polar surface area (TPSA) is 60.9 Å². The summed E-state index contributed by atoms with van der Waals surface area (Å²) in [6.45, 7) is 8.76. The van der Waals surface area contributed by atoms with Gasteiger partial charge in [-0.25, -0.2) is 4.79 Å². The van der Waals surface area contributed by atoms with E-state index in [-0.39, 0.29) is 17.9 Å². The van der Waals surface area contributed by atoms with Gasteiger partial charge in [-0.3, -0.25) is 4.79 Å². The lowest BCUT2D eigenvalue weighted by Gasteiger charge is -2.43. The van der Waals surface area contributed by atoms with E-state index in [4.69, 9.17) is 5.11 Å². The molecule has 1 atom stereocenters. The SMILES string of the molecule is CCCCN(CCCC)C(=O)N1CC(C(C)C(=O)O)C1. The highest BCUT2D eigenvalue weighted by Gasteiger charge is 2.38. The number of urea groups is 1. The normalized spacial score (nSPS) is 16.6. The van der Waals surface area contributed by atoms with Gasteiger partial charge in [0.25, 0.3) is 0 Å². The molecule has 1 aliphatic rings. The number of carbonyl (C=O) groups excluding carboxylic acids is 1. The van der Waals surface area contributed by atoms with Crippen LogP contribution in [0.2, 0.25) is 0 Å². The maximum Gasteiger partial charge on any atom is 0.320 e. The van der Waals surface area contributed by atoms with Gasteiger partial charge in [0.1, 0.15) is 0 Å². The molecule has 116 valence electrons. The van der Waals surface area contributed by atoms with Crippen molar-refractivity contribution < 1.29 is 14.7 Å². The summed E-state index contributed by atoms with van der Waals surface area (Å²) in [5.74, 6) is -1.02. The minimum Gasteiger partial charge on any atom is -0.481 e. The van der Waals surface area contributed by atoms with Crippen molar-refractivity contribution in [3.8, 4) is 0 Å². The summed E-state index contributed by atoms with van der Waals surface area (Å²) in [6.07, 6.45) is 4.21. The Hall–Kier alpha value is -1.26. The van der Waals surface area contributed by atoms with Crippen LogP contribution in [0.25, 0.3) is 0 Å². The first kappa shape index (κ1) is 16.8. The fourth-order valence-corrected chi connectivity index (χ4v) is 2.39. The number of amides is 2. The largest absolute Gasteiger partial charge is 0.481 e. The average Bonchev–Trinajstić information content (AvgIpc) is 2.36. The molecule has 1 aliphatic heterocycles. The van der Waals surface area contributed by atoms with Crippen molar-refractivity contribution in [3.05, 3.63) is 0 Å². The Balaban J connectivity index is 2.44. The summed E-state index contributed by atoms with van der Waals surface area (Å²) in [5.41, 5.74) is 0. The lowest BCUT2D eigenvalue weighted by Crippen LogP contribution is -2.57. The van der Waals surface area contributed by atoms with E-state index in [0.717, 1.165) is 38.8 Å². The Bertz CT molecular complexity index is 319. The van der Waals surface area contributed by atoms with Gasteiger partial charge in [-0.2, -0.15) is 0 Å². The van der Waals surface area contributed by atoms with Gasteiger partial charge in [0, 0.05) is 32.1 Å². The van der Waals surface area contributed by atoms with Gasteiger partial charge in [-0.15, -0.1) is 0 Å². The molecule has 0 spiro atoms. The van der Waals surface area contributed by atoms with Crippen LogP contribution < -0.4 is 0 Å². The van der Waals surface area contributed by atoms with Crippen LogP contribution in [-0.2, 0) is 4.79 Å². The third-order valence-corrected chi connectivity index (χ3v) is 4.11. The second kappa shape index (κ2) is 8.12. The third-order valence-electron chi connectivity index (χ3n) is 4.11. The number of likely N-dealkylation sites (tertiary alicyclic amines) is 1. The summed E-state index contributed by atoms with van der Waals surface area (Å²) in [7, 11) is 0. The molecule has 1 saturated heterocycles. The van der Waals surface area contributed by atoms with Crippen LogP contribution in [0.15, 0.2) is 0 Å². The first-order valence-electron chi connectivity index (χ1n) is 7.77. The molecule has 1 unspecified atom stereocenters. The lowest BCUT2D eigenvalue weighted by molar-refractivity contribution is -0.144. The minimum absolute atomic E-state index is 0.0840. The molecule has 20 heavy (non-hydrogen) atoms. The highest BCUT2D eigenvalue weighted by molar-refractivity contribution is 5.76. The van der Waals surface area contributed by atoms with Crippen LogP contribution in [0.4, 0.5) is 4.79 Å². The Kier molecular flexibility index (Phi) is 6.82. The summed E-state index contributed by atoms with van der Waals surface area (Å²) in [6, 6.07) is 0.0840. The van der Waals surface area contributed by atoms with Crippen LogP contribution in [0.3, 0.4) is 0 Å². The fraction of sp³-hybridized carbons (Fsp3) is 0.867. The molecule has 5 heteroatoms. The molecule has 1 fully saturated rings. The maximum atomic E-state index is 12.4. The van der Waals surface area contributed by atoms with Crippen LogP contribution in [0.1, 0.15) is 46.5 Å². The van der Waals surface area contributed by atoms with Crippen molar-refractivity contribution in [1.29, 1.82) is 0 Å². The van der Waals surface area contributed by atoms with Crippen molar-refractivity contribution in [2.75, 3.05) is 26.2 Å². The molecule has 1 heterocycles. The van der Waals surface area contributed by atoms with Crippen LogP contribution in [0.5, 0.6) is 0 Å². The predicted octanol–water partition coefficient (Wildman–Crippen LogP) is 2.66. The van der Waals surface area contributed by atoms with Crippen LogP contribution in [0, 0.1) is 11.8 Å². The minimum atomic E-state index is -0.768. The quantitative estimate of drug-likeness (QED) is 0.745. The van der Waals surface area contributed by atoms with E-state index in [9.17, 15) is 9.59 Å². The average molecular weight is 284 g/mol. The van der Waals surface area contributed by atoms with Crippen molar-refractivity contribution in [2.45, 2.75) is 46.5 Å². The highest BCUT2D eigenvalue weighted by atomic mass is 16.4. The molecular formula is C15H28N2O3. The smallest absolute Gasteiger partial charge is 0.320 e. The summed E-state index contributed by atoms with van der Waals surface area (Å²) >= 11 is 0. The van der Waals surface area contributed by atoms with Gasteiger partial charge in [0.15, 0.2) is 0 Å². The van der Waals surface area contributed by atoms with Gasteiger partial charge in [0.05, 0.1) is 5.92 Å². The van der Waals surface area contributed by atoms with Gasteiger partial charge in [0.2, 0.25) is 0 Å². The van der Waals surface area contributed by atoms with Crippen LogP contribution >= 0.6 is 0 Å². The molecule has 1 N–H and O–H groups in total. The maximum absolute atomic E-state index is 12.4. The number of hydrogen-bond donors (Lipinski definition) is 1. The monoisotopic (exact) mass is 284 g/mol. The molecule has 0 bridgehead atoms. The molecular weight excluding hydrogens is 256 g/mol. The first-order valence-corrected chi connectivity index (χ1v) is 7.77.